The van der Waals surface area contributed by atoms with E-state index in [4.69, 9.17) is 11.6 Å². The van der Waals surface area contributed by atoms with Gasteiger partial charge in [-0.1, -0.05) is 24.4 Å². The Hall–Kier alpha value is -0.710. The van der Waals surface area contributed by atoms with E-state index in [1.807, 2.05) is 0 Å². The first-order valence-electron chi connectivity index (χ1n) is 7.24. The molecule has 0 aromatic carbocycles. The lowest BCUT2D eigenvalue weighted by molar-refractivity contribution is 0.0929. The van der Waals surface area contributed by atoms with E-state index in [0.717, 1.165) is 31.4 Å². The number of hydrogen-bond acceptors (Lipinski definition) is 4. The Kier molecular flexibility index (Phi) is 4.31. The van der Waals surface area contributed by atoms with Crippen LogP contribution in [0, 0.1) is 0 Å². The van der Waals surface area contributed by atoms with Crippen molar-refractivity contribution < 1.29 is 0 Å². The molecule has 1 aromatic heterocycles. The fraction of sp³-hybridized carbons (Fsp3) is 0.714. The molecule has 2 fully saturated rings. The molecule has 0 amide bonds. The van der Waals surface area contributed by atoms with Crippen molar-refractivity contribution in [3.8, 4) is 0 Å². The van der Waals surface area contributed by atoms with E-state index >= 15 is 0 Å². The topological polar surface area (TPSA) is 32.3 Å². The van der Waals surface area contributed by atoms with Crippen molar-refractivity contribution in [3.05, 3.63) is 23.2 Å². The summed E-state index contributed by atoms with van der Waals surface area (Å²) < 4.78 is 0. The minimum absolute atomic E-state index is 0.467. The van der Waals surface area contributed by atoms with E-state index < -0.39 is 0 Å². The molecule has 1 aliphatic heterocycles. The molecule has 0 bridgehead atoms. The number of aromatic nitrogens is 2. The first kappa shape index (κ1) is 13.3. The van der Waals surface area contributed by atoms with Gasteiger partial charge in [0.15, 0.2) is 0 Å². The van der Waals surface area contributed by atoms with E-state index in [1.54, 1.807) is 12.4 Å². The Bertz CT molecular complexity index is 394. The zero-order valence-electron chi connectivity index (χ0n) is 11.3. The molecule has 2 aliphatic rings. The number of piperazine rings is 1. The van der Waals surface area contributed by atoms with Crippen LogP contribution in [0.25, 0.3) is 0 Å². The van der Waals surface area contributed by atoms with Gasteiger partial charge in [0, 0.05) is 38.8 Å². The summed E-state index contributed by atoms with van der Waals surface area (Å²) in [7, 11) is 0. The highest BCUT2D eigenvalue weighted by Crippen LogP contribution is 2.24. The van der Waals surface area contributed by atoms with Gasteiger partial charge in [-0.3, -0.25) is 14.8 Å². The molecule has 0 atom stereocenters. The van der Waals surface area contributed by atoms with Crippen molar-refractivity contribution in [2.75, 3.05) is 26.2 Å². The maximum absolute atomic E-state index is 5.75. The van der Waals surface area contributed by atoms with Crippen molar-refractivity contribution >= 4 is 11.6 Å². The van der Waals surface area contributed by atoms with Gasteiger partial charge in [-0.2, -0.15) is 0 Å². The largest absolute Gasteiger partial charge is 0.298 e. The Balaban J connectivity index is 1.48. The molecule has 0 radical (unpaired) electrons. The van der Waals surface area contributed by atoms with Gasteiger partial charge < -0.3 is 0 Å². The monoisotopic (exact) mass is 280 g/mol. The summed E-state index contributed by atoms with van der Waals surface area (Å²) in [6.07, 6.45) is 9.07. The standard InChI is InChI=1S/C14H21ClN4/c15-14-10-16-12(9-17-14)11-18-5-7-19(8-6-18)13-3-1-2-4-13/h9-10,13H,1-8,11H2. The van der Waals surface area contributed by atoms with Gasteiger partial charge in [0.05, 0.1) is 18.1 Å². The van der Waals surface area contributed by atoms with Crippen LogP contribution in [0.5, 0.6) is 0 Å². The van der Waals surface area contributed by atoms with Crippen LogP contribution in [-0.4, -0.2) is 52.0 Å². The molecule has 0 unspecified atom stereocenters. The predicted octanol–water partition coefficient (Wildman–Crippen LogP) is 2.19. The first-order valence-corrected chi connectivity index (χ1v) is 7.62. The third kappa shape index (κ3) is 3.44. The highest BCUT2D eigenvalue weighted by atomic mass is 35.5. The number of rotatable bonds is 3. The highest BCUT2D eigenvalue weighted by Gasteiger charge is 2.26. The van der Waals surface area contributed by atoms with Crippen molar-refractivity contribution in [2.45, 2.75) is 38.3 Å². The summed E-state index contributed by atoms with van der Waals surface area (Å²) in [4.78, 5) is 13.5. The molecule has 1 aromatic rings. The van der Waals surface area contributed by atoms with E-state index in [9.17, 15) is 0 Å². The molecule has 0 spiro atoms. The quantitative estimate of drug-likeness (QED) is 0.850. The van der Waals surface area contributed by atoms with Crippen LogP contribution >= 0.6 is 11.6 Å². The second kappa shape index (κ2) is 6.16. The lowest BCUT2D eigenvalue weighted by Gasteiger charge is -2.37. The molecular formula is C14H21ClN4. The van der Waals surface area contributed by atoms with E-state index in [0.29, 0.717) is 5.15 Å². The molecule has 1 aliphatic carbocycles. The van der Waals surface area contributed by atoms with Gasteiger partial charge in [0.2, 0.25) is 0 Å². The third-order valence-corrected chi connectivity index (χ3v) is 4.50. The van der Waals surface area contributed by atoms with Crippen molar-refractivity contribution in [2.24, 2.45) is 0 Å². The molecule has 5 heteroatoms. The van der Waals surface area contributed by atoms with Crippen molar-refractivity contribution in [1.82, 2.24) is 19.8 Å². The van der Waals surface area contributed by atoms with Gasteiger partial charge in [0.1, 0.15) is 5.15 Å². The van der Waals surface area contributed by atoms with Crippen LogP contribution in [0.2, 0.25) is 5.15 Å². The van der Waals surface area contributed by atoms with E-state index in [2.05, 4.69) is 19.8 Å². The fourth-order valence-corrected chi connectivity index (χ4v) is 3.30. The Morgan fingerprint density at radius 3 is 2.42 bits per heavy atom. The lowest BCUT2D eigenvalue weighted by Crippen LogP contribution is -2.49. The molecule has 19 heavy (non-hydrogen) atoms. The summed E-state index contributed by atoms with van der Waals surface area (Å²) in [5, 5.41) is 0.467. The van der Waals surface area contributed by atoms with Crippen LogP contribution in [0.15, 0.2) is 12.4 Å². The Morgan fingerprint density at radius 1 is 1.05 bits per heavy atom. The summed E-state index contributed by atoms with van der Waals surface area (Å²) in [6.45, 7) is 5.57. The van der Waals surface area contributed by atoms with Gasteiger partial charge in [-0.05, 0) is 12.8 Å². The highest BCUT2D eigenvalue weighted by molar-refractivity contribution is 6.29. The molecule has 1 saturated heterocycles. The van der Waals surface area contributed by atoms with E-state index in [1.165, 1.54) is 38.8 Å². The van der Waals surface area contributed by atoms with Crippen LogP contribution in [0.4, 0.5) is 0 Å². The van der Waals surface area contributed by atoms with Gasteiger partial charge in [-0.25, -0.2) is 4.98 Å². The molecular weight excluding hydrogens is 260 g/mol. The minimum Gasteiger partial charge on any atom is -0.298 e. The van der Waals surface area contributed by atoms with Gasteiger partial charge in [-0.15, -0.1) is 0 Å². The average Bonchev–Trinajstić information content (AvgIpc) is 2.96. The second-order valence-corrected chi connectivity index (χ2v) is 5.97. The third-order valence-electron chi connectivity index (χ3n) is 4.31. The van der Waals surface area contributed by atoms with Gasteiger partial charge in [0.25, 0.3) is 0 Å². The fourth-order valence-electron chi connectivity index (χ4n) is 3.21. The maximum atomic E-state index is 5.75. The SMILES string of the molecule is Clc1cnc(CN2CCN(C3CCCC3)CC2)cn1. The molecule has 2 heterocycles. The van der Waals surface area contributed by atoms with Crippen LogP contribution in [0.1, 0.15) is 31.4 Å². The van der Waals surface area contributed by atoms with Crippen molar-refractivity contribution in [3.63, 3.8) is 0 Å². The number of halogens is 1. The van der Waals surface area contributed by atoms with Crippen LogP contribution in [-0.2, 0) is 6.54 Å². The number of nitrogens with zero attached hydrogens (tertiary/aromatic N) is 4. The van der Waals surface area contributed by atoms with E-state index in [-0.39, 0.29) is 0 Å². The zero-order valence-corrected chi connectivity index (χ0v) is 12.0. The molecule has 4 nitrogen and oxygen atoms in total. The van der Waals surface area contributed by atoms with Crippen LogP contribution < -0.4 is 0 Å². The second-order valence-electron chi connectivity index (χ2n) is 5.58. The molecule has 1 saturated carbocycles. The predicted molar refractivity (Wildman–Crippen MR) is 76.1 cm³/mol. The lowest BCUT2D eigenvalue weighted by atomic mass is 10.2. The summed E-state index contributed by atoms with van der Waals surface area (Å²) in [5.74, 6) is 0. The Morgan fingerprint density at radius 2 is 1.79 bits per heavy atom. The van der Waals surface area contributed by atoms with Gasteiger partial charge >= 0.3 is 0 Å². The molecule has 104 valence electrons. The average molecular weight is 281 g/mol. The van der Waals surface area contributed by atoms with Crippen LogP contribution in [0.3, 0.4) is 0 Å². The smallest absolute Gasteiger partial charge is 0.147 e. The summed E-state index contributed by atoms with van der Waals surface area (Å²) in [6, 6.07) is 0.859. The Labute approximate surface area is 119 Å². The number of hydrogen-bond donors (Lipinski definition) is 0. The maximum Gasteiger partial charge on any atom is 0.147 e. The summed E-state index contributed by atoms with van der Waals surface area (Å²) >= 11 is 5.75. The summed E-state index contributed by atoms with van der Waals surface area (Å²) in [5.41, 5.74) is 1.01. The first-order chi connectivity index (χ1) is 9.31. The minimum atomic E-state index is 0.467. The molecule has 3 rings (SSSR count). The van der Waals surface area contributed by atoms with Crippen molar-refractivity contribution in [1.29, 1.82) is 0 Å². The zero-order chi connectivity index (χ0) is 13.1. The normalized spacial score (nSPS) is 23.0. The molecule has 0 N–H and O–H groups in total.